The number of nitrogen functional groups attached to an aromatic ring is 1. The summed E-state index contributed by atoms with van der Waals surface area (Å²) in [7, 11) is 0. The van der Waals surface area contributed by atoms with Crippen molar-refractivity contribution in [3.63, 3.8) is 0 Å². The third kappa shape index (κ3) is 1.80. The van der Waals surface area contributed by atoms with Gasteiger partial charge in [-0.3, -0.25) is 0 Å². The van der Waals surface area contributed by atoms with Crippen LogP contribution in [0.3, 0.4) is 0 Å². The lowest BCUT2D eigenvalue weighted by atomic mass is 10.1. The first kappa shape index (κ1) is 12.8. The van der Waals surface area contributed by atoms with Crippen LogP contribution in [-0.4, -0.2) is 43.6 Å². The van der Waals surface area contributed by atoms with Crippen molar-refractivity contribution >= 4 is 11.3 Å². The summed E-state index contributed by atoms with van der Waals surface area (Å²) in [6.07, 6.45) is -0.247. The summed E-state index contributed by atoms with van der Waals surface area (Å²) in [6.45, 7) is -0.168. The first-order valence-corrected chi connectivity index (χ1v) is 6.12. The predicted octanol–water partition coefficient (Wildman–Crippen LogP) is -0.634. The lowest BCUT2D eigenvalue weighted by Crippen LogP contribution is -2.15. The number of hydrogen-bond acceptors (Lipinski definition) is 7. The second-order valence-electron chi connectivity index (χ2n) is 4.66. The van der Waals surface area contributed by atoms with E-state index in [0.717, 1.165) is 0 Å². The van der Waals surface area contributed by atoms with Crippen LogP contribution in [0, 0.1) is 11.3 Å². The topological polar surface area (TPSA) is 130 Å². The average molecular weight is 275 g/mol. The molecule has 104 valence electrons. The Morgan fingerprint density at radius 3 is 3.05 bits per heavy atom. The van der Waals surface area contributed by atoms with Gasteiger partial charge in [-0.15, -0.1) is 0 Å². The minimum absolute atomic E-state index is 0.168. The molecule has 0 aromatic carbocycles. The lowest BCUT2D eigenvalue weighted by Gasteiger charge is -2.14. The number of fused-ring (bicyclic) bond motifs is 1. The summed E-state index contributed by atoms with van der Waals surface area (Å²) < 4.78 is 7.04. The number of ether oxygens (including phenoxy) is 1. The van der Waals surface area contributed by atoms with E-state index in [4.69, 9.17) is 20.8 Å². The Hall–Kier alpha value is -2.21. The van der Waals surface area contributed by atoms with Gasteiger partial charge in [-0.05, 0) is 6.07 Å². The van der Waals surface area contributed by atoms with Crippen LogP contribution in [0.5, 0.6) is 0 Å². The van der Waals surface area contributed by atoms with Gasteiger partial charge in [0.15, 0.2) is 5.82 Å². The second-order valence-corrected chi connectivity index (χ2v) is 4.66. The molecule has 0 spiro atoms. The fourth-order valence-electron chi connectivity index (χ4n) is 2.51. The van der Waals surface area contributed by atoms with Gasteiger partial charge in [-0.1, -0.05) is 0 Å². The zero-order valence-electron chi connectivity index (χ0n) is 10.5. The Labute approximate surface area is 114 Å². The smallest absolute Gasteiger partial charge is 0.152 e. The molecule has 3 rings (SSSR count). The van der Waals surface area contributed by atoms with E-state index in [1.54, 1.807) is 6.07 Å². The van der Waals surface area contributed by atoms with Crippen LogP contribution in [0.4, 0.5) is 5.82 Å². The summed E-state index contributed by atoms with van der Waals surface area (Å²) in [5, 5.41) is 32.4. The van der Waals surface area contributed by atoms with Crippen LogP contribution in [0.1, 0.15) is 23.8 Å². The van der Waals surface area contributed by atoms with Crippen molar-refractivity contribution in [1.29, 1.82) is 5.26 Å². The molecule has 2 aromatic heterocycles. The maximum atomic E-state index is 10.0. The Bertz CT molecular complexity index is 692. The van der Waals surface area contributed by atoms with Gasteiger partial charge in [0.2, 0.25) is 0 Å². The Morgan fingerprint density at radius 1 is 1.60 bits per heavy atom. The minimum atomic E-state index is -0.770. The highest BCUT2D eigenvalue weighted by Gasteiger charge is 2.37. The van der Waals surface area contributed by atoms with E-state index in [9.17, 15) is 5.11 Å². The molecule has 0 aliphatic carbocycles. The molecule has 20 heavy (non-hydrogen) atoms. The molecule has 0 bridgehead atoms. The highest BCUT2D eigenvalue weighted by atomic mass is 16.5. The summed E-state index contributed by atoms with van der Waals surface area (Å²) >= 11 is 0. The van der Waals surface area contributed by atoms with Crippen LogP contribution >= 0.6 is 0 Å². The molecule has 2 aromatic rings. The van der Waals surface area contributed by atoms with Gasteiger partial charge in [0.1, 0.15) is 24.0 Å². The van der Waals surface area contributed by atoms with E-state index < -0.39 is 18.3 Å². The molecule has 4 N–H and O–H groups in total. The molecule has 3 atom stereocenters. The number of nitrogens with zero attached hydrogens (tertiary/aromatic N) is 4. The molecule has 1 aliphatic rings. The number of rotatable bonds is 2. The van der Waals surface area contributed by atoms with E-state index in [2.05, 4.69) is 10.1 Å². The normalized spacial score (nSPS) is 25.9. The number of aliphatic hydroxyl groups is 2. The summed E-state index contributed by atoms with van der Waals surface area (Å²) in [5.74, 6) is 0.189. The molecular weight excluding hydrogens is 262 g/mol. The van der Waals surface area contributed by atoms with E-state index in [-0.39, 0.29) is 12.4 Å². The molecular formula is C12H13N5O3. The third-order valence-electron chi connectivity index (χ3n) is 3.42. The van der Waals surface area contributed by atoms with E-state index >= 15 is 0 Å². The molecule has 0 radical (unpaired) electrons. The summed E-state index contributed by atoms with van der Waals surface area (Å²) in [5.41, 5.74) is 7.01. The molecule has 0 unspecified atom stereocenters. The van der Waals surface area contributed by atoms with Crippen molar-refractivity contribution in [2.24, 2.45) is 0 Å². The van der Waals surface area contributed by atoms with Crippen LogP contribution in [0.25, 0.3) is 5.52 Å². The molecule has 1 aliphatic heterocycles. The number of anilines is 1. The van der Waals surface area contributed by atoms with E-state index in [1.165, 1.54) is 10.8 Å². The maximum Gasteiger partial charge on any atom is 0.152 e. The quantitative estimate of drug-likeness (QED) is 0.665. The fraction of sp³-hybridized carbons (Fsp3) is 0.417. The number of aliphatic hydroxyl groups excluding tert-OH is 2. The average Bonchev–Trinajstić information content (AvgIpc) is 3.00. The lowest BCUT2D eigenvalue weighted by molar-refractivity contribution is -0.0137. The van der Waals surface area contributed by atoms with E-state index in [1.807, 2.05) is 6.07 Å². The number of nitriles is 1. The monoisotopic (exact) mass is 275 g/mol. The first-order chi connectivity index (χ1) is 9.65. The van der Waals surface area contributed by atoms with Crippen molar-refractivity contribution in [3.8, 4) is 6.07 Å². The van der Waals surface area contributed by atoms with Crippen LogP contribution in [0.15, 0.2) is 12.4 Å². The zero-order chi connectivity index (χ0) is 14.3. The molecule has 8 heteroatoms. The standard InChI is InChI=1S/C12H13N5O3/c13-3-6-1-8(11-9(19)2-7(4-18)20-11)17-10(6)12(14)15-5-16-17/h1,5,7,9,11,18-19H,2,4H2,(H2,14,15,16)/t7-,9-,11-/m0/s1. The van der Waals surface area contributed by atoms with Crippen molar-refractivity contribution in [2.45, 2.75) is 24.7 Å². The van der Waals surface area contributed by atoms with Gasteiger partial charge >= 0.3 is 0 Å². The molecule has 1 fully saturated rings. The Morgan fingerprint density at radius 2 is 2.40 bits per heavy atom. The van der Waals surface area contributed by atoms with Crippen LogP contribution in [-0.2, 0) is 4.74 Å². The highest BCUT2D eigenvalue weighted by molar-refractivity contribution is 5.74. The predicted molar refractivity (Wildman–Crippen MR) is 67.4 cm³/mol. The Kier molecular flexibility index (Phi) is 3.02. The maximum absolute atomic E-state index is 10.0. The zero-order valence-corrected chi connectivity index (χ0v) is 10.5. The van der Waals surface area contributed by atoms with Crippen molar-refractivity contribution in [2.75, 3.05) is 12.3 Å². The molecule has 1 saturated heterocycles. The van der Waals surface area contributed by atoms with Gasteiger partial charge in [-0.25, -0.2) is 9.50 Å². The largest absolute Gasteiger partial charge is 0.394 e. The number of aromatic nitrogens is 3. The van der Waals surface area contributed by atoms with Crippen molar-refractivity contribution in [1.82, 2.24) is 14.6 Å². The SMILES string of the molecule is N#Cc1cc([C@@H]2O[C@H](CO)C[C@@H]2O)n2ncnc(N)c12. The molecule has 3 heterocycles. The van der Waals surface area contributed by atoms with Gasteiger partial charge in [0.05, 0.1) is 30.1 Å². The van der Waals surface area contributed by atoms with Gasteiger partial charge < -0.3 is 20.7 Å². The third-order valence-corrected chi connectivity index (χ3v) is 3.42. The summed E-state index contributed by atoms with van der Waals surface area (Å²) in [4.78, 5) is 3.86. The number of nitrogens with two attached hydrogens (primary N) is 1. The fourth-order valence-corrected chi connectivity index (χ4v) is 2.51. The van der Waals surface area contributed by atoms with Gasteiger partial charge in [0.25, 0.3) is 0 Å². The Balaban J connectivity index is 2.14. The second kappa shape index (κ2) is 4.72. The first-order valence-electron chi connectivity index (χ1n) is 6.12. The molecule has 8 nitrogen and oxygen atoms in total. The highest BCUT2D eigenvalue weighted by Crippen LogP contribution is 2.35. The minimum Gasteiger partial charge on any atom is -0.394 e. The van der Waals surface area contributed by atoms with Crippen molar-refractivity contribution < 1.29 is 14.9 Å². The summed E-state index contributed by atoms with van der Waals surface area (Å²) in [6, 6.07) is 3.60. The van der Waals surface area contributed by atoms with Crippen LogP contribution in [0.2, 0.25) is 0 Å². The number of hydrogen-bond donors (Lipinski definition) is 3. The van der Waals surface area contributed by atoms with Gasteiger partial charge in [0, 0.05) is 6.42 Å². The molecule has 0 saturated carbocycles. The van der Waals surface area contributed by atoms with Gasteiger partial charge in [-0.2, -0.15) is 10.4 Å². The van der Waals surface area contributed by atoms with Crippen molar-refractivity contribution in [3.05, 3.63) is 23.7 Å². The van der Waals surface area contributed by atoms with E-state index in [0.29, 0.717) is 23.2 Å². The molecule has 0 amide bonds. The van der Waals surface area contributed by atoms with Crippen LogP contribution < -0.4 is 5.73 Å².